The summed E-state index contributed by atoms with van der Waals surface area (Å²) in [5, 5.41) is 4.13. The Balaban J connectivity index is 1.28. The molecule has 7 nitrogen and oxygen atoms in total. The first-order valence-electron chi connectivity index (χ1n) is 10.2. The minimum absolute atomic E-state index is 0.0821. The van der Waals surface area contributed by atoms with Crippen LogP contribution in [0, 0.1) is 0 Å². The smallest absolute Gasteiger partial charge is 0.232 e. The SMILES string of the molecule is CC(C)c1ccc(-c2noc(C3CC(=O)N(Cc4ccc5c(c4)OCO5)C3)n2)cc1. The molecule has 3 aromatic rings. The van der Waals surface area contributed by atoms with Crippen LogP contribution in [0.1, 0.15) is 49.1 Å². The van der Waals surface area contributed by atoms with Crippen LogP contribution in [0.2, 0.25) is 0 Å². The van der Waals surface area contributed by atoms with Crippen LogP contribution in [0.4, 0.5) is 0 Å². The number of hydrogen-bond donors (Lipinski definition) is 0. The summed E-state index contributed by atoms with van der Waals surface area (Å²) >= 11 is 0. The van der Waals surface area contributed by atoms with Crippen LogP contribution in [-0.2, 0) is 11.3 Å². The van der Waals surface area contributed by atoms with E-state index in [1.54, 1.807) is 0 Å². The normalized spacial score (nSPS) is 17.9. The van der Waals surface area contributed by atoms with E-state index >= 15 is 0 Å². The van der Waals surface area contributed by atoms with Gasteiger partial charge in [-0.2, -0.15) is 4.98 Å². The maximum Gasteiger partial charge on any atom is 0.232 e. The number of carbonyl (C=O) groups excluding carboxylic acids is 1. The zero-order valence-corrected chi connectivity index (χ0v) is 17.0. The highest BCUT2D eigenvalue weighted by atomic mass is 16.7. The molecule has 3 heterocycles. The molecule has 0 N–H and O–H groups in total. The molecule has 0 spiro atoms. The van der Waals surface area contributed by atoms with Crippen molar-refractivity contribution in [2.45, 2.75) is 38.6 Å². The van der Waals surface area contributed by atoms with Crippen molar-refractivity contribution in [1.29, 1.82) is 0 Å². The van der Waals surface area contributed by atoms with Crippen LogP contribution in [0.25, 0.3) is 11.4 Å². The summed E-state index contributed by atoms with van der Waals surface area (Å²) in [6.07, 6.45) is 0.373. The number of rotatable bonds is 5. The molecule has 1 saturated heterocycles. The third-order valence-electron chi connectivity index (χ3n) is 5.65. The summed E-state index contributed by atoms with van der Waals surface area (Å²) < 4.78 is 16.3. The number of fused-ring (bicyclic) bond motifs is 1. The van der Waals surface area contributed by atoms with Crippen molar-refractivity contribution in [3.63, 3.8) is 0 Å². The van der Waals surface area contributed by atoms with Crippen molar-refractivity contribution in [2.24, 2.45) is 0 Å². The minimum atomic E-state index is -0.0947. The zero-order valence-electron chi connectivity index (χ0n) is 17.0. The Morgan fingerprint density at radius 2 is 1.90 bits per heavy atom. The molecule has 0 aliphatic carbocycles. The van der Waals surface area contributed by atoms with Crippen molar-refractivity contribution >= 4 is 5.91 Å². The minimum Gasteiger partial charge on any atom is -0.454 e. The van der Waals surface area contributed by atoms with E-state index < -0.39 is 0 Å². The van der Waals surface area contributed by atoms with Crippen molar-refractivity contribution in [2.75, 3.05) is 13.3 Å². The first-order valence-corrected chi connectivity index (χ1v) is 10.2. The lowest BCUT2D eigenvalue weighted by Gasteiger charge is -2.16. The van der Waals surface area contributed by atoms with Crippen molar-refractivity contribution in [3.8, 4) is 22.9 Å². The number of likely N-dealkylation sites (tertiary alicyclic amines) is 1. The van der Waals surface area contributed by atoms with Gasteiger partial charge in [-0.25, -0.2) is 0 Å². The predicted molar refractivity (Wildman–Crippen MR) is 109 cm³/mol. The zero-order chi connectivity index (χ0) is 20.7. The summed E-state index contributed by atoms with van der Waals surface area (Å²) in [6, 6.07) is 14.0. The molecule has 2 aliphatic rings. The molecule has 30 heavy (non-hydrogen) atoms. The summed E-state index contributed by atoms with van der Waals surface area (Å²) in [7, 11) is 0. The maximum atomic E-state index is 12.6. The van der Waals surface area contributed by atoms with Gasteiger partial charge in [0.1, 0.15) is 0 Å². The van der Waals surface area contributed by atoms with Gasteiger partial charge in [0.2, 0.25) is 24.4 Å². The van der Waals surface area contributed by atoms with Gasteiger partial charge in [-0.05, 0) is 29.2 Å². The molecule has 2 aliphatic heterocycles. The Kier molecular flexibility index (Phi) is 4.65. The monoisotopic (exact) mass is 405 g/mol. The molecule has 2 aromatic carbocycles. The molecule has 1 unspecified atom stereocenters. The Hall–Kier alpha value is -3.35. The van der Waals surface area contributed by atoms with E-state index in [9.17, 15) is 4.79 Å². The molecule has 1 fully saturated rings. The van der Waals surface area contributed by atoms with Crippen molar-refractivity contribution in [1.82, 2.24) is 15.0 Å². The number of nitrogens with zero attached hydrogens (tertiary/aromatic N) is 3. The van der Waals surface area contributed by atoms with Crippen molar-refractivity contribution in [3.05, 3.63) is 59.5 Å². The molecule has 0 bridgehead atoms. The first-order chi connectivity index (χ1) is 14.6. The lowest BCUT2D eigenvalue weighted by molar-refractivity contribution is -0.128. The van der Waals surface area contributed by atoms with E-state index in [2.05, 4.69) is 36.1 Å². The van der Waals surface area contributed by atoms with E-state index in [0.717, 1.165) is 22.6 Å². The van der Waals surface area contributed by atoms with Gasteiger partial charge >= 0.3 is 0 Å². The molecule has 154 valence electrons. The molecular formula is C23H23N3O4. The summed E-state index contributed by atoms with van der Waals surface area (Å²) in [5.41, 5.74) is 3.18. The van der Waals surface area contributed by atoms with Crippen LogP contribution in [0.15, 0.2) is 47.0 Å². The quantitative estimate of drug-likeness (QED) is 0.636. The van der Waals surface area contributed by atoms with Crippen LogP contribution in [-0.4, -0.2) is 34.3 Å². The molecule has 5 rings (SSSR count). The Bertz CT molecular complexity index is 1070. The third-order valence-corrected chi connectivity index (χ3v) is 5.65. The average Bonchev–Trinajstić information content (AvgIpc) is 3.48. The fourth-order valence-electron chi connectivity index (χ4n) is 3.89. The van der Waals surface area contributed by atoms with Crippen LogP contribution >= 0.6 is 0 Å². The highest BCUT2D eigenvalue weighted by molar-refractivity contribution is 5.79. The van der Waals surface area contributed by atoms with Gasteiger partial charge < -0.3 is 18.9 Å². The third kappa shape index (κ3) is 3.51. The van der Waals surface area contributed by atoms with E-state index in [1.165, 1.54) is 5.56 Å². The Morgan fingerprint density at radius 3 is 2.70 bits per heavy atom. The molecular weight excluding hydrogens is 382 g/mol. The van der Waals surface area contributed by atoms with Gasteiger partial charge in [0.05, 0.1) is 5.92 Å². The topological polar surface area (TPSA) is 77.7 Å². The fraction of sp³-hybridized carbons (Fsp3) is 0.348. The van der Waals surface area contributed by atoms with Gasteiger partial charge in [-0.3, -0.25) is 4.79 Å². The molecule has 1 aromatic heterocycles. The van der Waals surface area contributed by atoms with Crippen molar-refractivity contribution < 1.29 is 18.8 Å². The highest BCUT2D eigenvalue weighted by Crippen LogP contribution is 2.34. The molecule has 0 radical (unpaired) electrons. The standard InChI is InChI=1S/C23H23N3O4/c1-14(2)16-4-6-17(7-5-16)22-24-23(30-25-22)18-10-21(27)26(12-18)11-15-3-8-19-20(9-15)29-13-28-19/h3-9,14,18H,10-13H2,1-2H3. The van der Waals surface area contributed by atoms with Gasteiger partial charge in [0.25, 0.3) is 0 Å². The highest BCUT2D eigenvalue weighted by Gasteiger charge is 2.34. The number of ether oxygens (including phenoxy) is 2. The lowest BCUT2D eigenvalue weighted by atomic mass is 10.0. The number of carbonyl (C=O) groups is 1. The number of amides is 1. The number of hydrogen-bond acceptors (Lipinski definition) is 6. The van der Waals surface area contributed by atoms with E-state index in [0.29, 0.717) is 37.1 Å². The van der Waals surface area contributed by atoms with Crippen LogP contribution < -0.4 is 9.47 Å². The average molecular weight is 405 g/mol. The van der Waals surface area contributed by atoms with Gasteiger partial charge in [0.15, 0.2) is 11.5 Å². The fourth-order valence-corrected chi connectivity index (χ4v) is 3.89. The van der Waals surface area contributed by atoms with E-state index in [1.807, 2.05) is 35.2 Å². The van der Waals surface area contributed by atoms with Crippen LogP contribution in [0.3, 0.4) is 0 Å². The summed E-state index contributed by atoms with van der Waals surface area (Å²) in [5.74, 6) is 2.99. The summed E-state index contributed by atoms with van der Waals surface area (Å²) in [4.78, 5) is 18.9. The second kappa shape index (κ2) is 7.48. The lowest BCUT2D eigenvalue weighted by Crippen LogP contribution is -2.24. The Morgan fingerprint density at radius 1 is 1.10 bits per heavy atom. The number of benzene rings is 2. The van der Waals surface area contributed by atoms with Gasteiger partial charge in [0, 0.05) is 25.1 Å². The molecule has 1 atom stereocenters. The molecule has 0 saturated carbocycles. The van der Waals surface area contributed by atoms with Gasteiger partial charge in [-0.15, -0.1) is 0 Å². The summed E-state index contributed by atoms with van der Waals surface area (Å²) in [6.45, 7) is 5.63. The predicted octanol–water partition coefficient (Wildman–Crippen LogP) is 4.10. The first kappa shape index (κ1) is 18.7. The number of aromatic nitrogens is 2. The van der Waals surface area contributed by atoms with Crippen LogP contribution in [0.5, 0.6) is 11.5 Å². The molecule has 7 heteroatoms. The second-order valence-corrected chi connectivity index (χ2v) is 8.10. The van der Waals surface area contributed by atoms with E-state index in [-0.39, 0.29) is 18.6 Å². The largest absolute Gasteiger partial charge is 0.454 e. The Labute approximate surface area is 174 Å². The second-order valence-electron chi connectivity index (χ2n) is 8.10. The van der Waals surface area contributed by atoms with E-state index in [4.69, 9.17) is 14.0 Å². The molecule has 1 amide bonds. The maximum absolute atomic E-state index is 12.6. The van der Waals surface area contributed by atoms with Gasteiger partial charge in [-0.1, -0.05) is 49.3 Å².